The molecular formula is C25H27N3O3. The van der Waals surface area contributed by atoms with E-state index in [9.17, 15) is 9.59 Å². The summed E-state index contributed by atoms with van der Waals surface area (Å²) in [6.07, 6.45) is 6.14. The highest BCUT2D eigenvalue weighted by Gasteiger charge is 2.27. The average Bonchev–Trinajstić information content (AvgIpc) is 3.39. The number of methoxy groups -OCH3 is 1. The van der Waals surface area contributed by atoms with Gasteiger partial charge in [-0.1, -0.05) is 54.6 Å². The van der Waals surface area contributed by atoms with Crippen LogP contribution in [0, 0.1) is 5.92 Å². The van der Waals surface area contributed by atoms with Gasteiger partial charge in [0, 0.05) is 25.6 Å². The van der Waals surface area contributed by atoms with Gasteiger partial charge in [-0.2, -0.15) is 0 Å². The quantitative estimate of drug-likeness (QED) is 0.572. The Bertz CT molecular complexity index is 1020. The van der Waals surface area contributed by atoms with Crippen LogP contribution >= 0.6 is 0 Å². The van der Waals surface area contributed by atoms with E-state index in [2.05, 4.69) is 34.6 Å². The number of benzene rings is 2. The topological polar surface area (TPSA) is 73.2 Å². The van der Waals surface area contributed by atoms with Crippen LogP contribution < -0.4 is 5.32 Å². The third-order valence-corrected chi connectivity index (χ3v) is 5.74. The molecule has 0 bridgehead atoms. The van der Waals surface area contributed by atoms with Crippen molar-refractivity contribution in [2.24, 2.45) is 5.92 Å². The molecule has 160 valence electrons. The molecule has 0 saturated carbocycles. The van der Waals surface area contributed by atoms with Gasteiger partial charge in [-0.05, 0) is 35.4 Å². The van der Waals surface area contributed by atoms with Crippen LogP contribution in [0.1, 0.15) is 28.8 Å². The summed E-state index contributed by atoms with van der Waals surface area (Å²) in [5, 5.41) is 2.87. The fourth-order valence-corrected chi connectivity index (χ4v) is 4.25. The molecule has 1 aliphatic carbocycles. The second-order valence-electron chi connectivity index (χ2n) is 8.12. The van der Waals surface area contributed by atoms with Crippen LogP contribution in [0.3, 0.4) is 0 Å². The molecule has 1 aliphatic rings. The van der Waals surface area contributed by atoms with Crippen LogP contribution in [0.2, 0.25) is 0 Å². The number of imidazole rings is 1. The van der Waals surface area contributed by atoms with Crippen molar-refractivity contribution in [2.45, 2.75) is 38.3 Å². The molecule has 1 heterocycles. The molecule has 31 heavy (non-hydrogen) atoms. The van der Waals surface area contributed by atoms with E-state index in [0.29, 0.717) is 19.4 Å². The molecule has 1 amide bonds. The third kappa shape index (κ3) is 5.40. The van der Waals surface area contributed by atoms with Crippen molar-refractivity contribution in [1.29, 1.82) is 0 Å². The van der Waals surface area contributed by atoms with Crippen LogP contribution in [0.5, 0.6) is 0 Å². The zero-order valence-corrected chi connectivity index (χ0v) is 17.7. The van der Waals surface area contributed by atoms with Crippen molar-refractivity contribution in [3.63, 3.8) is 0 Å². The Labute approximate surface area is 182 Å². The van der Waals surface area contributed by atoms with E-state index >= 15 is 0 Å². The molecule has 0 aliphatic heterocycles. The van der Waals surface area contributed by atoms with Crippen LogP contribution in [0.4, 0.5) is 0 Å². The van der Waals surface area contributed by atoms with Gasteiger partial charge in [0.25, 0.3) is 0 Å². The normalized spacial score (nSPS) is 14.1. The van der Waals surface area contributed by atoms with Gasteiger partial charge in [0.2, 0.25) is 5.91 Å². The summed E-state index contributed by atoms with van der Waals surface area (Å²) in [6.45, 7) is 0.700. The fourth-order valence-electron chi connectivity index (χ4n) is 4.25. The van der Waals surface area contributed by atoms with Gasteiger partial charge in [0.05, 0.1) is 19.1 Å². The van der Waals surface area contributed by atoms with Crippen molar-refractivity contribution < 1.29 is 14.3 Å². The molecule has 0 spiro atoms. The molecule has 1 aromatic heterocycles. The minimum atomic E-state index is -0.749. The molecule has 0 fully saturated rings. The van der Waals surface area contributed by atoms with Crippen LogP contribution in [0.25, 0.3) is 0 Å². The summed E-state index contributed by atoms with van der Waals surface area (Å²) in [7, 11) is 1.34. The molecule has 2 aromatic carbocycles. The second-order valence-corrected chi connectivity index (χ2v) is 8.12. The number of hydrogen-bond donors (Lipinski definition) is 1. The van der Waals surface area contributed by atoms with Gasteiger partial charge in [-0.3, -0.25) is 4.79 Å². The molecule has 0 saturated heterocycles. The number of carbonyl (C=O) groups is 2. The summed E-state index contributed by atoms with van der Waals surface area (Å²) in [5.41, 5.74) is 4.53. The molecule has 0 radical (unpaired) electrons. The number of amides is 1. The Morgan fingerprint density at radius 3 is 2.45 bits per heavy atom. The number of fused-ring (bicyclic) bond motifs is 1. The summed E-state index contributed by atoms with van der Waals surface area (Å²) in [4.78, 5) is 29.4. The predicted octanol–water partition coefficient (Wildman–Crippen LogP) is 2.94. The molecule has 1 unspecified atom stereocenters. The van der Waals surface area contributed by atoms with Crippen molar-refractivity contribution in [3.05, 3.63) is 89.5 Å². The average molecular weight is 418 g/mol. The van der Waals surface area contributed by atoms with E-state index < -0.39 is 12.0 Å². The van der Waals surface area contributed by atoms with Crippen molar-refractivity contribution in [1.82, 2.24) is 14.9 Å². The SMILES string of the molecule is COC(=O)C(Cc1cn(Cc2ccccc2)cn1)NC(=O)CC1Cc2ccccc2C1. The standard InChI is InChI=1S/C25H27N3O3/c1-31-25(30)23(14-22-16-28(17-26-22)15-18-7-3-2-4-8-18)27-24(29)13-19-11-20-9-5-6-10-21(20)12-19/h2-10,16-17,19,23H,11-15H2,1H3,(H,27,29). The molecular weight excluding hydrogens is 390 g/mol. The third-order valence-electron chi connectivity index (χ3n) is 5.74. The predicted molar refractivity (Wildman–Crippen MR) is 117 cm³/mol. The zero-order chi connectivity index (χ0) is 21.6. The van der Waals surface area contributed by atoms with Gasteiger partial charge in [0.15, 0.2) is 0 Å². The van der Waals surface area contributed by atoms with Crippen LogP contribution in [-0.4, -0.2) is 34.6 Å². The number of nitrogens with one attached hydrogen (secondary N) is 1. The monoisotopic (exact) mass is 417 g/mol. The smallest absolute Gasteiger partial charge is 0.328 e. The minimum absolute atomic E-state index is 0.128. The van der Waals surface area contributed by atoms with Crippen molar-refractivity contribution in [3.8, 4) is 0 Å². The van der Waals surface area contributed by atoms with Crippen molar-refractivity contribution >= 4 is 11.9 Å². The van der Waals surface area contributed by atoms with E-state index in [1.165, 1.54) is 23.8 Å². The lowest BCUT2D eigenvalue weighted by atomic mass is 10.0. The Morgan fingerprint density at radius 1 is 1.10 bits per heavy atom. The van der Waals surface area contributed by atoms with E-state index in [1.54, 1.807) is 6.33 Å². The molecule has 3 aromatic rings. The number of aromatic nitrogens is 2. The highest BCUT2D eigenvalue weighted by molar-refractivity contribution is 5.84. The Hall–Kier alpha value is -3.41. The summed E-state index contributed by atoms with van der Waals surface area (Å²) in [5.74, 6) is -0.321. The lowest BCUT2D eigenvalue weighted by molar-refractivity contribution is -0.145. The van der Waals surface area contributed by atoms with Gasteiger partial charge in [-0.25, -0.2) is 9.78 Å². The van der Waals surface area contributed by atoms with E-state index in [0.717, 1.165) is 18.5 Å². The van der Waals surface area contributed by atoms with E-state index in [4.69, 9.17) is 4.74 Å². The lowest BCUT2D eigenvalue weighted by Gasteiger charge is -2.17. The van der Waals surface area contributed by atoms with Crippen molar-refractivity contribution in [2.75, 3.05) is 7.11 Å². The number of carbonyl (C=O) groups excluding carboxylic acids is 2. The summed E-state index contributed by atoms with van der Waals surface area (Å²) in [6, 6.07) is 17.6. The van der Waals surface area contributed by atoms with E-state index in [1.807, 2.05) is 41.1 Å². The summed E-state index contributed by atoms with van der Waals surface area (Å²) < 4.78 is 6.89. The largest absolute Gasteiger partial charge is 0.467 e. The fraction of sp³-hybridized carbons (Fsp3) is 0.320. The molecule has 4 rings (SSSR count). The van der Waals surface area contributed by atoms with Gasteiger partial charge in [-0.15, -0.1) is 0 Å². The second kappa shape index (κ2) is 9.60. The van der Waals surface area contributed by atoms with Gasteiger partial charge < -0.3 is 14.6 Å². The Kier molecular flexibility index (Phi) is 6.46. The van der Waals surface area contributed by atoms with Crippen LogP contribution in [-0.2, 0) is 40.1 Å². The van der Waals surface area contributed by atoms with Gasteiger partial charge in [0.1, 0.15) is 6.04 Å². The first-order valence-corrected chi connectivity index (χ1v) is 10.6. The molecule has 1 atom stereocenters. The van der Waals surface area contributed by atoms with E-state index in [-0.39, 0.29) is 11.8 Å². The lowest BCUT2D eigenvalue weighted by Crippen LogP contribution is -2.43. The maximum atomic E-state index is 12.7. The number of rotatable bonds is 8. The maximum absolute atomic E-state index is 12.7. The highest BCUT2D eigenvalue weighted by Crippen LogP contribution is 2.28. The minimum Gasteiger partial charge on any atom is -0.467 e. The maximum Gasteiger partial charge on any atom is 0.328 e. The number of nitrogens with zero attached hydrogens (tertiary/aromatic N) is 2. The van der Waals surface area contributed by atoms with Gasteiger partial charge >= 0.3 is 5.97 Å². The first kappa shape index (κ1) is 20.8. The molecule has 6 nitrogen and oxygen atoms in total. The number of hydrogen-bond acceptors (Lipinski definition) is 4. The molecule has 6 heteroatoms. The number of ether oxygens (including phenoxy) is 1. The van der Waals surface area contributed by atoms with Crippen LogP contribution in [0.15, 0.2) is 67.1 Å². The first-order valence-electron chi connectivity index (χ1n) is 10.6. The zero-order valence-electron chi connectivity index (χ0n) is 17.7. The first-order chi connectivity index (χ1) is 15.1. The number of esters is 1. The highest BCUT2D eigenvalue weighted by atomic mass is 16.5. The summed E-state index contributed by atoms with van der Waals surface area (Å²) >= 11 is 0. The Balaban J connectivity index is 1.34. The Morgan fingerprint density at radius 2 is 1.77 bits per heavy atom. The molecule has 1 N–H and O–H groups in total.